The van der Waals surface area contributed by atoms with Crippen molar-refractivity contribution in [2.75, 3.05) is 45.3 Å². The van der Waals surface area contributed by atoms with Crippen LogP contribution in [0.2, 0.25) is 5.02 Å². The standard InChI is InChI=1S/C19H21ClN2O6S/c1-26-18-6-5-16(29(24,25)22-7-9-27-10-8-22)12-17(18)21-19(23)13-28-15-4-2-3-14(20)11-15/h2-6,11-12H,7-10,13H2,1H3,(H,21,23). The number of amides is 1. The van der Waals surface area contributed by atoms with Gasteiger partial charge in [-0.15, -0.1) is 0 Å². The number of halogens is 1. The van der Waals surface area contributed by atoms with Crippen LogP contribution in [0.4, 0.5) is 5.69 Å². The smallest absolute Gasteiger partial charge is 0.262 e. The summed E-state index contributed by atoms with van der Waals surface area (Å²) in [5.74, 6) is 0.314. The fourth-order valence-electron chi connectivity index (χ4n) is 2.77. The minimum atomic E-state index is -3.70. The van der Waals surface area contributed by atoms with Crippen molar-refractivity contribution in [2.24, 2.45) is 0 Å². The van der Waals surface area contributed by atoms with E-state index in [4.69, 9.17) is 25.8 Å². The van der Waals surface area contributed by atoms with Gasteiger partial charge in [0.15, 0.2) is 6.61 Å². The molecule has 156 valence electrons. The Hall–Kier alpha value is -2.33. The SMILES string of the molecule is COc1ccc(S(=O)(=O)N2CCOCC2)cc1NC(=O)COc1cccc(Cl)c1. The minimum Gasteiger partial charge on any atom is -0.495 e. The fraction of sp³-hybridized carbons (Fsp3) is 0.316. The monoisotopic (exact) mass is 440 g/mol. The first kappa shape index (κ1) is 21.4. The van der Waals surface area contributed by atoms with Crippen molar-refractivity contribution >= 4 is 33.2 Å². The van der Waals surface area contributed by atoms with Gasteiger partial charge in [-0.2, -0.15) is 4.31 Å². The summed E-state index contributed by atoms with van der Waals surface area (Å²) in [7, 11) is -2.27. The molecular formula is C19H21ClN2O6S. The molecule has 1 aliphatic heterocycles. The Bertz CT molecular complexity index is 976. The van der Waals surface area contributed by atoms with E-state index >= 15 is 0 Å². The van der Waals surface area contributed by atoms with E-state index in [9.17, 15) is 13.2 Å². The molecule has 29 heavy (non-hydrogen) atoms. The number of sulfonamides is 1. The van der Waals surface area contributed by atoms with E-state index in [2.05, 4.69) is 5.32 Å². The highest BCUT2D eigenvalue weighted by atomic mass is 35.5. The second kappa shape index (κ2) is 9.45. The topological polar surface area (TPSA) is 94.2 Å². The van der Waals surface area contributed by atoms with E-state index in [-0.39, 0.29) is 30.3 Å². The largest absolute Gasteiger partial charge is 0.495 e. The third-order valence-electron chi connectivity index (χ3n) is 4.22. The number of benzene rings is 2. The molecule has 1 N–H and O–H groups in total. The van der Waals surface area contributed by atoms with Crippen molar-refractivity contribution in [3.63, 3.8) is 0 Å². The van der Waals surface area contributed by atoms with Crippen LogP contribution in [0.5, 0.6) is 11.5 Å². The number of hydrogen-bond acceptors (Lipinski definition) is 6. The Morgan fingerprint density at radius 1 is 1.21 bits per heavy atom. The molecular weight excluding hydrogens is 420 g/mol. The average molecular weight is 441 g/mol. The number of methoxy groups -OCH3 is 1. The van der Waals surface area contributed by atoms with Crippen LogP contribution in [0.25, 0.3) is 0 Å². The highest BCUT2D eigenvalue weighted by Gasteiger charge is 2.27. The highest BCUT2D eigenvalue weighted by molar-refractivity contribution is 7.89. The van der Waals surface area contributed by atoms with Crippen LogP contribution in [0, 0.1) is 0 Å². The van der Waals surface area contributed by atoms with Gasteiger partial charge < -0.3 is 19.5 Å². The highest BCUT2D eigenvalue weighted by Crippen LogP contribution is 2.29. The van der Waals surface area contributed by atoms with E-state index in [1.807, 2.05) is 0 Å². The van der Waals surface area contributed by atoms with Gasteiger partial charge in [0.2, 0.25) is 10.0 Å². The van der Waals surface area contributed by atoms with Crippen LogP contribution < -0.4 is 14.8 Å². The van der Waals surface area contributed by atoms with Gasteiger partial charge in [-0.05, 0) is 36.4 Å². The number of nitrogens with zero attached hydrogens (tertiary/aromatic N) is 1. The zero-order valence-corrected chi connectivity index (χ0v) is 17.3. The van der Waals surface area contributed by atoms with Crippen molar-refractivity contribution in [2.45, 2.75) is 4.90 Å². The molecule has 0 saturated carbocycles. The van der Waals surface area contributed by atoms with E-state index < -0.39 is 15.9 Å². The lowest BCUT2D eigenvalue weighted by Crippen LogP contribution is -2.40. The van der Waals surface area contributed by atoms with Crippen LogP contribution >= 0.6 is 11.6 Å². The number of nitrogens with one attached hydrogen (secondary N) is 1. The predicted octanol–water partition coefficient (Wildman–Crippen LogP) is 2.39. The van der Waals surface area contributed by atoms with Crippen molar-refractivity contribution in [3.05, 3.63) is 47.5 Å². The molecule has 0 atom stereocenters. The first-order valence-corrected chi connectivity index (χ1v) is 10.7. The maximum atomic E-state index is 12.8. The molecule has 0 radical (unpaired) electrons. The van der Waals surface area contributed by atoms with Crippen molar-refractivity contribution < 1.29 is 27.4 Å². The van der Waals surface area contributed by atoms with Gasteiger partial charge >= 0.3 is 0 Å². The summed E-state index contributed by atoms with van der Waals surface area (Å²) in [6, 6.07) is 11.0. The second-order valence-electron chi connectivity index (χ2n) is 6.17. The first-order valence-electron chi connectivity index (χ1n) is 8.84. The number of rotatable bonds is 7. The summed E-state index contributed by atoms with van der Waals surface area (Å²) in [6.07, 6.45) is 0. The quantitative estimate of drug-likeness (QED) is 0.710. The summed E-state index contributed by atoms with van der Waals surface area (Å²) in [4.78, 5) is 12.4. The Kier molecular flexibility index (Phi) is 6.96. The number of carbonyl (C=O) groups excluding carboxylic acids is 1. The minimum absolute atomic E-state index is 0.0614. The Morgan fingerprint density at radius 2 is 1.97 bits per heavy atom. The molecule has 10 heteroatoms. The Balaban J connectivity index is 1.73. The number of carbonyl (C=O) groups is 1. The zero-order chi connectivity index (χ0) is 20.9. The van der Waals surface area contributed by atoms with Gasteiger partial charge in [0.05, 0.1) is 30.9 Å². The number of ether oxygens (including phenoxy) is 3. The molecule has 8 nitrogen and oxygen atoms in total. The lowest BCUT2D eigenvalue weighted by atomic mass is 10.3. The van der Waals surface area contributed by atoms with Crippen LogP contribution in [-0.4, -0.2) is 58.7 Å². The van der Waals surface area contributed by atoms with Gasteiger partial charge in [-0.1, -0.05) is 17.7 Å². The van der Waals surface area contributed by atoms with Gasteiger partial charge in [0.25, 0.3) is 5.91 Å². The molecule has 2 aromatic rings. The van der Waals surface area contributed by atoms with Gasteiger partial charge in [-0.25, -0.2) is 8.42 Å². The third kappa shape index (κ3) is 5.39. The Morgan fingerprint density at radius 3 is 2.66 bits per heavy atom. The maximum absolute atomic E-state index is 12.8. The van der Waals surface area contributed by atoms with Crippen LogP contribution in [0.15, 0.2) is 47.4 Å². The lowest BCUT2D eigenvalue weighted by molar-refractivity contribution is -0.118. The summed E-state index contributed by atoms with van der Waals surface area (Å²) in [6.45, 7) is 0.983. The molecule has 0 unspecified atom stereocenters. The molecule has 1 heterocycles. The summed E-state index contributed by atoms with van der Waals surface area (Å²) in [5.41, 5.74) is 0.238. The van der Waals surface area contributed by atoms with E-state index in [1.54, 1.807) is 24.3 Å². The molecule has 1 amide bonds. The molecule has 1 saturated heterocycles. The molecule has 2 aromatic carbocycles. The van der Waals surface area contributed by atoms with Crippen LogP contribution in [-0.2, 0) is 19.6 Å². The predicted molar refractivity (Wildman–Crippen MR) is 108 cm³/mol. The third-order valence-corrected chi connectivity index (χ3v) is 6.35. The van der Waals surface area contributed by atoms with Crippen LogP contribution in [0.3, 0.4) is 0 Å². The molecule has 0 aromatic heterocycles. The maximum Gasteiger partial charge on any atom is 0.262 e. The van der Waals surface area contributed by atoms with Crippen molar-refractivity contribution in [1.29, 1.82) is 0 Å². The lowest BCUT2D eigenvalue weighted by Gasteiger charge is -2.26. The molecule has 3 rings (SSSR count). The van der Waals surface area contributed by atoms with E-state index in [0.717, 1.165) is 0 Å². The molecule has 0 spiro atoms. The summed E-state index contributed by atoms with van der Waals surface area (Å²) >= 11 is 5.89. The van der Waals surface area contributed by atoms with Crippen LogP contribution in [0.1, 0.15) is 0 Å². The fourth-order valence-corrected chi connectivity index (χ4v) is 4.39. The molecule has 0 aliphatic carbocycles. The normalized spacial score (nSPS) is 15.0. The van der Waals surface area contributed by atoms with E-state index in [1.165, 1.54) is 29.6 Å². The van der Waals surface area contributed by atoms with E-state index in [0.29, 0.717) is 29.7 Å². The number of morpholine rings is 1. The zero-order valence-electron chi connectivity index (χ0n) is 15.8. The average Bonchev–Trinajstić information content (AvgIpc) is 2.73. The first-order chi connectivity index (χ1) is 13.9. The van der Waals surface area contributed by atoms with Crippen molar-refractivity contribution in [1.82, 2.24) is 4.31 Å². The van der Waals surface area contributed by atoms with Crippen molar-refractivity contribution in [3.8, 4) is 11.5 Å². The van der Waals surface area contributed by atoms with Gasteiger partial charge in [0, 0.05) is 18.1 Å². The number of hydrogen-bond donors (Lipinski definition) is 1. The van der Waals surface area contributed by atoms with Gasteiger partial charge in [-0.3, -0.25) is 4.79 Å². The second-order valence-corrected chi connectivity index (χ2v) is 8.55. The summed E-state index contributed by atoms with van der Waals surface area (Å²) in [5, 5.41) is 3.12. The summed E-state index contributed by atoms with van der Waals surface area (Å²) < 4.78 is 42.9. The molecule has 1 aliphatic rings. The van der Waals surface area contributed by atoms with Gasteiger partial charge in [0.1, 0.15) is 11.5 Å². The molecule has 1 fully saturated rings. The number of anilines is 1. The Labute approximate surface area is 174 Å². The molecule has 0 bridgehead atoms.